The number of aromatic nitrogens is 1. The van der Waals surface area contributed by atoms with E-state index in [-0.39, 0.29) is 12.0 Å². The van der Waals surface area contributed by atoms with E-state index in [1.165, 1.54) is 0 Å². The molecule has 82 valence electrons. The molecule has 0 spiro atoms. The summed E-state index contributed by atoms with van der Waals surface area (Å²) in [5.74, 6) is 1.14. The van der Waals surface area contributed by atoms with Gasteiger partial charge in [0.25, 0.3) is 0 Å². The molecule has 2 rings (SSSR count). The Morgan fingerprint density at radius 2 is 2.13 bits per heavy atom. The first-order valence-electron chi connectivity index (χ1n) is 5.52. The number of hydrogen-bond acceptors (Lipinski definition) is 3. The van der Waals surface area contributed by atoms with Gasteiger partial charge in [0.2, 0.25) is 0 Å². The number of aliphatic hydroxyl groups excluding tert-OH is 1. The van der Waals surface area contributed by atoms with Crippen LogP contribution in [0.2, 0.25) is 0 Å². The first-order chi connectivity index (χ1) is 7.24. The maximum atomic E-state index is 10.2. The van der Waals surface area contributed by atoms with Crippen LogP contribution < -0.4 is 5.73 Å². The Balaban J connectivity index is 2.10. The molecule has 1 aliphatic rings. The minimum absolute atomic E-state index is 0.0583. The van der Waals surface area contributed by atoms with Crippen molar-refractivity contribution in [2.75, 3.05) is 6.54 Å². The molecule has 3 N–H and O–H groups in total. The fourth-order valence-electron chi connectivity index (χ4n) is 2.21. The third-order valence-electron chi connectivity index (χ3n) is 3.41. The minimum atomic E-state index is -0.299. The van der Waals surface area contributed by atoms with E-state index in [0.29, 0.717) is 18.4 Å². The molecule has 3 nitrogen and oxygen atoms in total. The van der Waals surface area contributed by atoms with E-state index in [1.54, 1.807) is 12.4 Å². The summed E-state index contributed by atoms with van der Waals surface area (Å²) < 4.78 is 0. The van der Waals surface area contributed by atoms with Crippen LogP contribution in [0.4, 0.5) is 0 Å². The molecule has 1 aromatic heterocycles. The van der Waals surface area contributed by atoms with Crippen LogP contribution >= 0.6 is 0 Å². The van der Waals surface area contributed by atoms with Crippen LogP contribution in [0.1, 0.15) is 24.8 Å². The largest absolute Gasteiger partial charge is 0.392 e. The third kappa shape index (κ3) is 2.19. The summed E-state index contributed by atoms with van der Waals surface area (Å²) in [6.45, 7) is 2.67. The van der Waals surface area contributed by atoms with Crippen LogP contribution in [0.25, 0.3) is 0 Å². The van der Waals surface area contributed by atoms with Crippen LogP contribution in [0.3, 0.4) is 0 Å². The minimum Gasteiger partial charge on any atom is -0.392 e. The fraction of sp³-hybridized carbons (Fsp3) is 0.583. The van der Waals surface area contributed by atoms with Crippen LogP contribution in [0.5, 0.6) is 0 Å². The van der Waals surface area contributed by atoms with Crippen molar-refractivity contribution in [3.63, 3.8) is 0 Å². The van der Waals surface area contributed by atoms with Crippen molar-refractivity contribution in [3.05, 3.63) is 30.1 Å². The molecule has 0 aliphatic heterocycles. The molecule has 1 fully saturated rings. The van der Waals surface area contributed by atoms with Gasteiger partial charge in [0.1, 0.15) is 0 Å². The number of nitrogens with two attached hydrogens (primary N) is 1. The number of pyridine rings is 1. The Kier molecular flexibility index (Phi) is 3.03. The second kappa shape index (κ2) is 4.29. The van der Waals surface area contributed by atoms with Crippen molar-refractivity contribution in [2.24, 2.45) is 17.6 Å². The van der Waals surface area contributed by atoms with Crippen LogP contribution in [0.15, 0.2) is 24.5 Å². The SMILES string of the molecule is CC1CC1C(O)C(CN)c1ccncc1. The molecule has 3 heteroatoms. The molecule has 1 aromatic rings. The van der Waals surface area contributed by atoms with Gasteiger partial charge >= 0.3 is 0 Å². The quantitative estimate of drug-likeness (QED) is 0.776. The fourth-order valence-corrected chi connectivity index (χ4v) is 2.21. The van der Waals surface area contributed by atoms with E-state index in [2.05, 4.69) is 11.9 Å². The molecule has 0 saturated heterocycles. The summed E-state index contributed by atoms with van der Waals surface area (Å²) >= 11 is 0. The molecule has 0 bridgehead atoms. The topological polar surface area (TPSA) is 59.1 Å². The Morgan fingerprint density at radius 3 is 2.60 bits per heavy atom. The third-order valence-corrected chi connectivity index (χ3v) is 3.41. The molecule has 1 heterocycles. The number of rotatable bonds is 4. The van der Waals surface area contributed by atoms with Crippen molar-refractivity contribution in [1.82, 2.24) is 4.98 Å². The standard InChI is InChI=1S/C12H18N2O/c1-8-6-10(8)12(15)11(7-13)9-2-4-14-5-3-9/h2-5,8,10-12,15H,6-7,13H2,1H3. The van der Waals surface area contributed by atoms with E-state index in [9.17, 15) is 5.11 Å². The molecular weight excluding hydrogens is 188 g/mol. The Morgan fingerprint density at radius 1 is 1.53 bits per heavy atom. The highest BCUT2D eigenvalue weighted by atomic mass is 16.3. The first kappa shape index (κ1) is 10.6. The highest BCUT2D eigenvalue weighted by molar-refractivity contribution is 5.19. The maximum absolute atomic E-state index is 10.2. The average Bonchev–Trinajstić information content (AvgIpc) is 2.98. The second-order valence-corrected chi connectivity index (χ2v) is 4.49. The van der Waals surface area contributed by atoms with Gasteiger partial charge in [-0.2, -0.15) is 0 Å². The normalized spacial score (nSPS) is 28.5. The van der Waals surface area contributed by atoms with Crippen LogP contribution in [-0.4, -0.2) is 22.7 Å². The lowest BCUT2D eigenvalue weighted by molar-refractivity contribution is 0.118. The Bertz CT molecular complexity index is 315. The van der Waals surface area contributed by atoms with E-state index in [0.717, 1.165) is 12.0 Å². The van der Waals surface area contributed by atoms with E-state index >= 15 is 0 Å². The Labute approximate surface area is 90.3 Å². The zero-order valence-electron chi connectivity index (χ0n) is 9.00. The van der Waals surface area contributed by atoms with Crippen molar-refractivity contribution < 1.29 is 5.11 Å². The van der Waals surface area contributed by atoms with Gasteiger partial charge in [0.05, 0.1) is 6.10 Å². The molecule has 0 radical (unpaired) electrons. The van der Waals surface area contributed by atoms with Gasteiger partial charge in [-0.3, -0.25) is 4.98 Å². The predicted octanol–water partition coefficient (Wildman–Crippen LogP) is 1.14. The van der Waals surface area contributed by atoms with E-state index in [4.69, 9.17) is 5.73 Å². The van der Waals surface area contributed by atoms with Gasteiger partial charge in [0.15, 0.2) is 0 Å². The lowest BCUT2D eigenvalue weighted by Crippen LogP contribution is -2.28. The number of hydrogen-bond donors (Lipinski definition) is 2. The van der Waals surface area contributed by atoms with Gasteiger partial charge in [-0.25, -0.2) is 0 Å². The summed E-state index contributed by atoms with van der Waals surface area (Å²) in [5, 5.41) is 10.2. The lowest BCUT2D eigenvalue weighted by atomic mass is 9.91. The molecule has 4 atom stereocenters. The Hall–Kier alpha value is -0.930. The van der Waals surface area contributed by atoms with Gasteiger partial charge in [-0.1, -0.05) is 6.92 Å². The van der Waals surface area contributed by atoms with Crippen molar-refractivity contribution in [3.8, 4) is 0 Å². The second-order valence-electron chi connectivity index (χ2n) is 4.49. The van der Waals surface area contributed by atoms with Crippen molar-refractivity contribution in [2.45, 2.75) is 25.4 Å². The lowest BCUT2D eigenvalue weighted by Gasteiger charge is -2.21. The summed E-state index contributed by atoms with van der Waals surface area (Å²) in [6, 6.07) is 3.88. The maximum Gasteiger partial charge on any atom is 0.0651 e. The average molecular weight is 206 g/mol. The molecular formula is C12H18N2O. The zero-order chi connectivity index (χ0) is 10.8. The van der Waals surface area contributed by atoms with Crippen LogP contribution in [-0.2, 0) is 0 Å². The highest BCUT2D eigenvalue weighted by Crippen LogP contribution is 2.44. The summed E-state index contributed by atoms with van der Waals surface area (Å²) in [7, 11) is 0. The van der Waals surface area contributed by atoms with Crippen LogP contribution in [0, 0.1) is 11.8 Å². The molecule has 0 aromatic carbocycles. The first-order valence-corrected chi connectivity index (χ1v) is 5.52. The molecule has 1 aliphatic carbocycles. The van der Waals surface area contributed by atoms with Gasteiger partial charge in [0, 0.05) is 24.9 Å². The summed E-state index contributed by atoms with van der Waals surface area (Å²) in [6.07, 6.45) is 4.33. The number of nitrogens with zero attached hydrogens (tertiary/aromatic N) is 1. The van der Waals surface area contributed by atoms with Crippen molar-refractivity contribution in [1.29, 1.82) is 0 Å². The number of aliphatic hydroxyl groups is 1. The molecule has 4 unspecified atom stereocenters. The molecule has 1 saturated carbocycles. The monoisotopic (exact) mass is 206 g/mol. The van der Waals surface area contributed by atoms with E-state index < -0.39 is 0 Å². The predicted molar refractivity (Wildman–Crippen MR) is 59.3 cm³/mol. The smallest absolute Gasteiger partial charge is 0.0651 e. The van der Waals surface area contributed by atoms with Gasteiger partial charge in [-0.05, 0) is 36.0 Å². The van der Waals surface area contributed by atoms with Crippen molar-refractivity contribution >= 4 is 0 Å². The van der Waals surface area contributed by atoms with Gasteiger partial charge in [-0.15, -0.1) is 0 Å². The summed E-state index contributed by atoms with van der Waals surface area (Å²) in [5.41, 5.74) is 6.83. The summed E-state index contributed by atoms with van der Waals surface area (Å²) in [4.78, 5) is 3.97. The highest BCUT2D eigenvalue weighted by Gasteiger charge is 2.42. The molecule has 15 heavy (non-hydrogen) atoms. The van der Waals surface area contributed by atoms with Gasteiger partial charge < -0.3 is 10.8 Å². The molecule has 0 amide bonds. The zero-order valence-corrected chi connectivity index (χ0v) is 9.00. The van der Waals surface area contributed by atoms with E-state index in [1.807, 2.05) is 12.1 Å².